The molecule has 1 aliphatic carbocycles. The molecule has 0 aromatic heterocycles. The first-order valence-corrected chi connectivity index (χ1v) is 14.3. The van der Waals surface area contributed by atoms with Crippen LogP contribution in [0.1, 0.15) is 82.6 Å². The average molecular weight is 525 g/mol. The first kappa shape index (κ1) is 29.3. The maximum atomic E-state index is 14.3. The Hall–Kier alpha value is -1.21. The average Bonchev–Trinajstić information content (AvgIpc) is 2.87. The predicted molar refractivity (Wildman–Crippen MR) is 144 cm³/mol. The number of amides is 1. The molecule has 204 valence electrons. The molecule has 0 unspecified atom stereocenters. The standard InChI is InChI=1S/C29H46ClFN2O3/c1-32-20-23(15-22-9-4-3-5-10-22)16-28(34)33-13-8-11-24(21-33)29(35,12-6-7-14-36-2)25-17-26(30)19-27(31)18-25/h17-19,22-24,32,35H,3-16,20-21H2,1-2H3/t23-,24-,29+/m1/s1. The highest BCUT2D eigenvalue weighted by atomic mass is 35.5. The first-order valence-electron chi connectivity index (χ1n) is 14.0. The predicted octanol–water partition coefficient (Wildman–Crippen LogP) is 5.92. The molecule has 0 bridgehead atoms. The number of nitrogens with zero attached hydrogens (tertiary/aromatic N) is 1. The topological polar surface area (TPSA) is 61.8 Å². The molecule has 36 heavy (non-hydrogen) atoms. The number of hydrogen-bond donors (Lipinski definition) is 2. The Labute approximate surface area is 222 Å². The van der Waals surface area contributed by atoms with Crippen molar-refractivity contribution in [2.75, 3.05) is 40.4 Å². The minimum atomic E-state index is -1.25. The summed E-state index contributed by atoms with van der Waals surface area (Å²) in [7, 11) is 3.63. The second-order valence-corrected chi connectivity index (χ2v) is 11.5. The maximum absolute atomic E-state index is 14.3. The number of unbranched alkanes of at least 4 members (excludes halogenated alkanes) is 1. The number of hydrogen-bond acceptors (Lipinski definition) is 4. The fourth-order valence-electron chi connectivity index (χ4n) is 6.42. The number of ether oxygens (including phenoxy) is 1. The molecule has 0 spiro atoms. The molecule has 1 saturated carbocycles. The van der Waals surface area contributed by atoms with Crippen LogP contribution in [0, 0.1) is 23.6 Å². The summed E-state index contributed by atoms with van der Waals surface area (Å²) in [6.07, 6.45) is 11.8. The number of nitrogens with one attached hydrogen (secondary N) is 1. The van der Waals surface area contributed by atoms with Crippen LogP contribution in [0.15, 0.2) is 18.2 Å². The van der Waals surface area contributed by atoms with Crippen molar-refractivity contribution in [3.63, 3.8) is 0 Å². The zero-order valence-corrected chi connectivity index (χ0v) is 23.0. The van der Waals surface area contributed by atoms with Gasteiger partial charge in [0, 0.05) is 44.2 Å². The van der Waals surface area contributed by atoms with E-state index in [1.807, 2.05) is 11.9 Å². The van der Waals surface area contributed by atoms with Crippen molar-refractivity contribution in [2.45, 2.75) is 82.7 Å². The van der Waals surface area contributed by atoms with Crippen molar-refractivity contribution >= 4 is 17.5 Å². The Morgan fingerprint density at radius 1 is 1.22 bits per heavy atom. The number of piperidine rings is 1. The van der Waals surface area contributed by atoms with Gasteiger partial charge in [-0.2, -0.15) is 0 Å². The normalized spacial score (nSPS) is 21.8. The summed E-state index contributed by atoms with van der Waals surface area (Å²) >= 11 is 6.18. The largest absolute Gasteiger partial charge is 0.385 e. The van der Waals surface area contributed by atoms with Gasteiger partial charge < -0.3 is 20.1 Å². The van der Waals surface area contributed by atoms with E-state index in [0.717, 1.165) is 44.6 Å². The van der Waals surface area contributed by atoms with E-state index in [9.17, 15) is 14.3 Å². The van der Waals surface area contributed by atoms with Gasteiger partial charge in [-0.15, -0.1) is 0 Å². The highest BCUT2D eigenvalue weighted by Crippen LogP contribution is 2.41. The van der Waals surface area contributed by atoms with Crippen molar-refractivity contribution in [1.82, 2.24) is 10.2 Å². The van der Waals surface area contributed by atoms with E-state index in [-0.39, 0.29) is 16.8 Å². The van der Waals surface area contributed by atoms with Gasteiger partial charge in [-0.25, -0.2) is 4.39 Å². The molecule has 1 aromatic carbocycles. The molecule has 0 radical (unpaired) electrons. The van der Waals surface area contributed by atoms with E-state index < -0.39 is 11.4 Å². The summed E-state index contributed by atoms with van der Waals surface area (Å²) in [6.45, 7) is 2.67. The highest BCUT2D eigenvalue weighted by molar-refractivity contribution is 6.30. The molecule has 1 saturated heterocycles. The number of likely N-dealkylation sites (tertiary alicyclic amines) is 1. The Bertz CT molecular complexity index is 799. The van der Waals surface area contributed by atoms with Crippen molar-refractivity contribution in [1.29, 1.82) is 0 Å². The van der Waals surface area contributed by atoms with Gasteiger partial charge >= 0.3 is 0 Å². The van der Waals surface area contributed by atoms with Crippen LogP contribution < -0.4 is 5.32 Å². The zero-order chi connectivity index (χ0) is 26.0. The zero-order valence-electron chi connectivity index (χ0n) is 22.2. The lowest BCUT2D eigenvalue weighted by molar-refractivity contribution is -0.138. The molecule has 2 N–H and O–H groups in total. The number of aliphatic hydroxyl groups is 1. The Kier molecular flexibility index (Phi) is 11.9. The van der Waals surface area contributed by atoms with Crippen molar-refractivity contribution in [3.05, 3.63) is 34.6 Å². The molecule has 3 rings (SSSR count). The van der Waals surface area contributed by atoms with E-state index in [1.54, 1.807) is 13.2 Å². The first-order chi connectivity index (χ1) is 17.4. The van der Waals surface area contributed by atoms with Crippen LogP contribution in [0.2, 0.25) is 5.02 Å². The quantitative estimate of drug-likeness (QED) is 0.314. The summed E-state index contributed by atoms with van der Waals surface area (Å²) in [4.78, 5) is 15.4. The number of methoxy groups -OCH3 is 1. The fraction of sp³-hybridized carbons (Fsp3) is 0.759. The summed E-state index contributed by atoms with van der Waals surface area (Å²) < 4.78 is 19.5. The fourth-order valence-corrected chi connectivity index (χ4v) is 6.64. The third-order valence-electron chi connectivity index (χ3n) is 8.32. The molecule has 2 fully saturated rings. The SMILES string of the molecule is CNC[C@@H](CC(=O)N1CCC[C@@H]([C@@](O)(CCCCOC)c2cc(F)cc(Cl)c2)C1)CC1CCCCC1. The molecule has 1 amide bonds. The molecule has 1 aromatic rings. The molecule has 1 heterocycles. The summed E-state index contributed by atoms with van der Waals surface area (Å²) in [5.74, 6) is 0.621. The van der Waals surface area contributed by atoms with E-state index in [0.29, 0.717) is 44.0 Å². The van der Waals surface area contributed by atoms with Crippen LogP contribution in [0.25, 0.3) is 0 Å². The van der Waals surface area contributed by atoms with Crippen LogP contribution in [-0.4, -0.2) is 56.3 Å². The van der Waals surface area contributed by atoms with Crippen LogP contribution in [0.4, 0.5) is 4.39 Å². The van der Waals surface area contributed by atoms with Crippen LogP contribution in [0.5, 0.6) is 0 Å². The minimum absolute atomic E-state index is 0.170. The molecule has 2 aliphatic rings. The van der Waals surface area contributed by atoms with E-state index in [1.165, 1.54) is 44.2 Å². The number of carbonyl (C=O) groups excluding carboxylic acids is 1. The van der Waals surface area contributed by atoms with Gasteiger partial charge in [0.05, 0.1) is 5.60 Å². The molecule has 1 aliphatic heterocycles. The van der Waals surface area contributed by atoms with Crippen LogP contribution in [0.3, 0.4) is 0 Å². The van der Waals surface area contributed by atoms with Gasteiger partial charge in [0.15, 0.2) is 0 Å². The minimum Gasteiger partial charge on any atom is -0.385 e. The third-order valence-corrected chi connectivity index (χ3v) is 8.53. The lowest BCUT2D eigenvalue weighted by atomic mass is 9.74. The Balaban J connectivity index is 1.71. The molecular weight excluding hydrogens is 479 g/mol. The van der Waals surface area contributed by atoms with Gasteiger partial charge in [-0.3, -0.25) is 4.79 Å². The number of carbonyl (C=O) groups is 1. The maximum Gasteiger partial charge on any atom is 0.222 e. The van der Waals surface area contributed by atoms with Crippen molar-refractivity contribution in [3.8, 4) is 0 Å². The molecule has 3 atom stereocenters. The number of benzene rings is 1. The Morgan fingerprint density at radius 2 is 2.00 bits per heavy atom. The van der Waals surface area contributed by atoms with Gasteiger partial charge in [0.2, 0.25) is 5.91 Å². The smallest absolute Gasteiger partial charge is 0.222 e. The van der Waals surface area contributed by atoms with E-state index in [4.69, 9.17) is 16.3 Å². The van der Waals surface area contributed by atoms with E-state index in [2.05, 4.69) is 5.32 Å². The monoisotopic (exact) mass is 524 g/mol. The summed E-state index contributed by atoms with van der Waals surface area (Å²) in [5, 5.41) is 15.6. The molecule has 7 heteroatoms. The van der Waals surface area contributed by atoms with Crippen molar-refractivity contribution < 1.29 is 19.0 Å². The second-order valence-electron chi connectivity index (χ2n) is 11.1. The van der Waals surface area contributed by atoms with Crippen molar-refractivity contribution in [2.24, 2.45) is 17.8 Å². The summed E-state index contributed by atoms with van der Waals surface area (Å²) in [6, 6.07) is 4.34. The van der Waals surface area contributed by atoms with Gasteiger partial charge in [-0.05, 0) is 87.7 Å². The lowest BCUT2D eigenvalue weighted by Gasteiger charge is -2.43. The van der Waals surface area contributed by atoms with Crippen LogP contribution >= 0.6 is 11.6 Å². The van der Waals surface area contributed by atoms with E-state index >= 15 is 0 Å². The van der Waals surface area contributed by atoms with Gasteiger partial charge in [0.25, 0.3) is 0 Å². The number of halogens is 2. The molecule has 5 nitrogen and oxygen atoms in total. The van der Waals surface area contributed by atoms with Gasteiger partial charge in [-0.1, -0.05) is 43.7 Å². The van der Waals surface area contributed by atoms with Crippen LogP contribution in [-0.2, 0) is 15.1 Å². The second kappa shape index (κ2) is 14.7. The number of rotatable bonds is 13. The van der Waals surface area contributed by atoms with Gasteiger partial charge in [0.1, 0.15) is 5.82 Å². The lowest BCUT2D eigenvalue weighted by Crippen LogP contribution is -2.48. The molecular formula is C29H46ClFN2O3. The highest BCUT2D eigenvalue weighted by Gasteiger charge is 2.41. The summed E-state index contributed by atoms with van der Waals surface area (Å²) in [5.41, 5.74) is -0.736. The third kappa shape index (κ3) is 8.41. The Morgan fingerprint density at radius 3 is 2.69 bits per heavy atom.